The molecular weight excluding hydrogens is 513 g/mol. The Morgan fingerprint density at radius 3 is 1.89 bits per heavy atom. The number of anilines is 1. The van der Waals surface area contributed by atoms with Crippen LogP contribution in [0.15, 0.2) is 71.8 Å². The monoisotopic (exact) mass is 535 g/mol. The Kier molecular flexibility index (Phi) is 12.7. The number of aliphatic carboxylic acids is 4. The number of hydrogen-bond acceptors (Lipinski definition) is 7. The normalized spacial score (nSPS) is 14.0. The molecule has 0 spiro atoms. The fourth-order valence-corrected chi connectivity index (χ4v) is 2.86. The Bertz CT molecular complexity index is 1160. The first-order valence-corrected chi connectivity index (χ1v) is 10.7. The second-order valence-electron chi connectivity index (χ2n) is 6.96. The molecule has 3 rings (SSSR count). The third kappa shape index (κ3) is 11.6. The summed E-state index contributed by atoms with van der Waals surface area (Å²) in [7, 11) is 0. The highest BCUT2D eigenvalue weighted by molar-refractivity contribution is 6.31. The van der Waals surface area contributed by atoms with Gasteiger partial charge < -0.3 is 31.5 Å². The number of fused-ring (bicyclic) bond motifs is 1. The minimum absolute atomic E-state index is 0.0224. The Labute approximate surface area is 215 Å². The molecule has 1 atom stereocenters. The van der Waals surface area contributed by atoms with Gasteiger partial charge in [0.1, 0.15) is 5.82 Å². The number of rotatable bonds is 6. The molecule has 7 N–H and O–H groups in total. The van der Waals surface area contributed by atoms with Gasteiger partial charge in [-0.1, -0.05) is 23.7 Å². The number of benzodiazepines with no additional fused rings is 1. The minimum Gasteiger partial charge on any atom is -0.478 e. The molecule has 0 radical (unpaired) electrons. The topological polar surface area (TPSA) is 200 Å². The second kappa shape index (κ2) is 15.4. The number of nitrogens with one attached hydrogen (secondary N) is 1. The highest BCUT2D eigenvalue weighted by Crippen LogP contribution is 2.27. The third-order valence-electron chi connectivity index (χ3n) is 4.22. The number of nitrogens with two attached hydrogens (primary N) is 1. The zero-order valence-corrected chi connectivity index (χ0v) is 19.8. The molecule has 0 amide bonds. The molecule has 1 aliphatic heterocycles. The van der Waals surface area contributed by atoms with Crippen molar-refractivity contribution in [3.05, 3.63) is 88.7 Å². The van der Waals surface area contributed by atoms with E-state index in [4.69, 9.17) is 37.8 Å². The van der Waals surface area contributed by atoms with Gasteiger partial charge in [-0.05, 0) is 30.3 Å². The van der Waals surface area contributed by atoms with E-state index in [-0.39, 0.29) is 11.9 Å². The quantitative estimate of drug-likeness (QED) is 0.298. The van der Waals surface area contributed by atoms with Crippen LogP contribution in [0.4, 0.5) is 10.1 Å². The number of carboxylic acid groups (broad SMARTS) is 4. The van der Waals surface area contributed by atoms with Crippen molar-refractivity contribution in [2.24, 2.45) is 10.7 Å². The van der Waals surface area contributed by atoms with Crippen LogP contribution < -0.4 is 11.1 Å². The number of hydrogen-bond donors (Lipinski definition) is 6. The van der Waals surface area contributed by atoms with Gasteiger partial charge in [0.25, 0.3) is 0 Å². The van der Waals surface area contributed by atoms with E-state index < -0.39 is 23.9 Å². The first kappa shape index (κ1) is 30.5. The summed E-state index contributed by atoms with van der Waals surface area (Å²) in [6.07, 6.45) is 2.23. The number of carboxylic acids is 4. The lowest BCUT2D eigenvalue weighted by Gasteiger charge is -2.15. The van der Waals surface area contributed by atoms with Crippen molar-refractivity contribution >= 4 is 46.9 Å². The van der Waals surface area contributed by atoms with E-state index in [9.17, 15) is 23.6 Å². The summed E-state index contributed by atoms with van der Waals surface area (Å²) >= 11 is 6.09. The average Bonchev–Trinajstić information content (AvgIpc) is 3.01. The van der Waals surface area contributed by atoms with Crippen LogP contribution in [0.25, 0.3) is 0 Å². The van der Waals surface area contributed by atoms with E-state index in [1.165, 1.54) is 6.07 Å². The van der Waals surface area contributed by atoms with Crippen LogP contribution >= 0.6 is 11.6 Å². The average molecular weight is 536 g/mol. The molecule has 2 aromatic rings. The largest absolute Gasteiger partial charge is 0.478 e. The molecule has 37 heavy (non-hydrogen) atoms. The number of nitrogens with zero attached hydrogens (tertiary/aromatic N) is 1. The van der Waals surface area contributed by atoms with Crippen LogP contribution in [-0.2, 0) is 19.2 Å². The highest BCUT2D eigenvalue weighted by atomic mass is 35.5. The van der Waals surface area contributed by atoms with Gasteiger partial charge in [0.05, 0.1) is 18.3 Å². The van der Waals surface area contributed by atoms with Crippen molar-refractivity contribution in [3.63, 3.8) is 0 Å². The van der Waals surface area contributed by atoms with Crippen molar-refractivity contribution in [2.45, 2.75) is 6.04 Å². The van der Waals surface area contributed by atoms with Crippen molar-refractivity contribution in [2.75, 3.05) is 18.4 Å². The lowest BCUT2D eigenvalue weighted by molar-refractivity contribution is -0.134. The summed E-state index contributed by atoms with van der Waals surface area (Å²) in [6, 6.07) is 12.1. The van der Waals surface area contributed by atoms with Crippen LogP contribution in [0.2, 0.25) is 5.02 Å². The van der Waals surface area contributed by atoms with E-state index in [0.29, 0.717) is 53.7 Å². The predicted molar refractivity (Wildman–Crippen MR) is 134 cm³/mol. The Morgan fingerprint density at radius 1 is 0.919 bits per heavy atom. The van der Waals surface area contributed by atoms with E-state index in [2.05, 4.69) is 10.3 Å². The SMILES string of the molecule is NCC1CN=C(c2ccccc2F)c2cc(Cl)ccc2N1.O=C(O)/C=C/C(=O)O.O=C(O)/C=C/C(=O)O. The van der Waals surface area contributed by atoms with E-state index in [0.717, 1.165) is 11.3 Å². The lowest BCUT2D eigenvalue weighted by Crippen LogP contribution is -2.31. The van der Waals surface area contributed by atoms with Gasteiger partial charge in [0, 0.05) is 52.7 Å². The van der Waals surface area contributed by atoms with Gasteiger partial charge in [-0.15, -0.1) is 0 Å². The maximum atomic E-state index is 14.1. The van der Waals surface area contributed by atoms with Gasteiger partial charge >= 0.3 is 23.9 Å². The Hall–Kier alpha value is -4.55. The van der Waals surface area contributed by atoms with Crippen molar-refractivity contribution in [1.29, 1.82) is 0 Å². The summed E-state index contributed by atoms with van der Waals surface area (Å²) in [4.78, 5) is 42.8. The molecule has 0 saturated carbocycles. The molecule has 11 nitrogen and oxygen atoms in total. The fourth-order valence-electron chi connectivity index (χ4n) is 2.69. The molecule has 0 fully saturated rings. The first-order chi connectivity index (χ1) is 17.4. The van der Waals surface area contributed by atoms with Crippen LogP contribution in [0.3, 0.4) is 0 Å². The highest BCUT2D eigenvalue weighted by Gasteiger charge is 2.21. The Morgan fingerprint density at radius 2 is 1.43 bits per heavy atom. The number of carbonyl (C=O) groups is 4. The van der Waals surface area contributed by atoms with E-state index >= 15 is 0 Å². The maximum absolute atomic E-state index is 14.1. The van der Waals surface area contributed by atoms with Gasteiger partial charge in [-0.2, -0.15) is 0 Å². The maximum Gasteiger partial charge on any atom is 0.328 e. The smallest absolute Gasteiger partial charge is 0.328 e. The molecule has 0 aromatic heterocycles. The van der Waals surface area contributed by atoms with Crippen LogP contribution in [0.5, 0.6) is 0 Å². The van der Waals surface area contributed by atoms with Crippen molar-refractivity contribution in [1.82, 2.24) is 0 Å². The molecule has 0 bridgehead atoms. The standard InChI is InChI=1S/C16H15ClFN3.2C4H4O4/c17-10-5-6-15-13(7-10)16(20-9-11(8-19)21-15)12-3-1-2-4-14(12)18;2*5-3(6)1-2-4(7)8/h1-7,11,21H,8-9,19H2;2*1-2H,(H,5,6)(H,7,8)/b;2*2-1+. The molecule has 2 aromatic carbocycles. The van der Waals surface area contributed by atoms with E-state index in [1.54, 1.807) is 30.3 Å². The molecule has 196 valence electrons. The summed E-state index contributed by atoms with van der Waals surface area (Å²) < 4.78 is 14.1. The lowest BCUT2D eigenvalue weighted by atomic mass is 10.00. The molecule has 0 aliphatic carbocycles. The number of halogens is 2. The number of aliphatic imine (C=N–C) groups is 1. The van der Waals surface area contributed by atoms with Crippen molar-refractivity contribution < 1.29 is 44.0 Å². The molecule has 1 heterocycles. The number of benzene rings is 2. The summed E-state index contributed by atoms with van der Waals surface area (Å²) in [5.41, 5.74) is 8.48. The van der Waals surface area contributed by atoms with Crippen molar-refractivity contribution in [3.8, 4) is 0 Å². The fraction of sp³-hybridized carbons (Fsp3) is 0.125. The second-order valence-corrected chi connectivity index (χ2v) is 7.39. The summed E-state index contributed by atoms with van der Waals surface area (Å²) in [5.74, 6) is -5.33. The first-order valence-electron chi connectivity index (χ1n) is 10.3. The van der Waals surface area contributed by atoms with Crippen LogP contribution in [0, 0.1) is 5.82 Å². The summed E-state index contributed by atoms with van der Waals surface area (Å²) in [6.45, 7) is 0.947. The van der Waals surface area contributed by atoms with Gasteiger partial charge in [-0.25, -0.2) is 23.6 Å². The zero-order valence-electron chi connectivity index (χ0n) is 19.0. The third-order valence-corrected chi connectivity index (χ3v) is 4.45. The molecule has 1 aliphatic rings. The van der Waals surface area contributed by atoms with Crippen LogP contribution in [-0.4, -0.2) is 69.1 Å². The van der Waals surface area contributed by atoms with Gasteiger partial charge in [0.15, 0.2) is 0 Å². The molecule has 13 heteroatoms. The molecule has 1 unspecified atom stereocenters. The van der Waals surface area contributed by atoms with Gasteiger partial charge in [-0.3, -0.25) is 4.99 Å². The predicted octanol–water partition coefficient (Wildman–Crippen LogP) is 2.49. The van der Waals surface area contributed by atoms with E-state index in [1.807, 2.05) is 6.07 Å². The Balaban J connectivity index is 0.000000355. The minimum atomic E-state index is -1.26. The molecular formula is C24H23ClFN3O8. The summed E-state index contributed by atoms with van der Waals surface area (Å²) in [5, 5.41) is 35.2. The van der Waals surface area contributed by atoms with Gasteiger partial charge in [0.2, 0.25) is 0 Å². The molecule has 0 saturated heterocycles. The zero-order chi connectivity index (χ0) is 28.0. The van der Waals surface area contributed by atoms with Crippen LogP contribution in [0.1, 0.15) is 11.1 Å².